The molecule has 0 bridgehead atoms. The molecule has 11 heteroatoms. The number of carbonyl (C=O) groups is 3. The van der Waals surface area contributed by atoms with Gasteiger partial charge >= 0.3 is 0 Å². The summed E-state index contributed by atoms with van der Waals surface area (Å²) in [6.45, 7) is 3.76. The SMILES string of the molecule is CCCN1C(=O)C2(/C(=C(/O)c3ccc(S(=O)(=O)N4CCCCC4)cc3)C(=O)C(=O)N2CC2CCCO2)c2ccccc21. The summed E-state index contributed by atoms with van der Waals surface area (Å²) < 4.78 is 33.6. The minimum Gasteiger partial charge on any atom is -0.507 e. The van der Waals surface area contributed by atoms with Crippen molar-refractivity contribution in [2.45, 2.75) is 62.0 Å². The molecule has 3 fully saturated rings. The number of ketones is 1. The molecule has 10 nitrogen and oxygen atoms in total. The van der Waals surface area contributed by atoms with Crippen LogP contribution in [-0.2, 0) is 34.7 Å². The van der Waals surface area contributed by atoms with Crippen LogP contribution in [0.5, 0.6) is 0 Å². The lowest BCUT2D eigenvalue weighted by Crippen LogP contribution is -2.53. The van der Waals surface area contributed by atoms with Gasteiger partial charge in [0.15, 0.2) is 5.54 Å². The van der Waals surface area contributed by atoms with E-state index in [9.17, 15) is 27.9 Å². The van der Waals surface area contributed by atoms with Crippen LogP contribution in [0.1, 0.15) is 56.6 Å². The Morgan fingerprint density at radius 1 is 1.00 bits per heavy atom. The lowest BCUT2D eigenvalue weighted by molar-refractivity contribution is -0.145. The van der Waals surface area contributed by atoms with Crippen molar-refractivity contribution in [3.8, 4) is 0 Å². The van der Waals surface area contributed by atoms with Gasteiger partial charge in [0.1, 0.15) is 5.76 Å². The zero-order chi connectivity index (χ0) is 29.6. The molecule has 0 saturated carbocycles. The van der Waals surface area contributed by atoms with Gasteiger partial charge in [-0.15, -0.1) is 0 Å². The number of hydrogen-bond donors (Lipinski definition) is 1. The van der Waals surface area contributed by atoms with Crippen molar-refractivity contribution in [2.24, 2.45) is 0 Å². The Kier molecular flexibility index (Phi) is 7.44. The van der Waals surface area contributed by atoms with Crippen molar-refractivity contribution in [3.63, 3.8) is 0 Å². The van der Waals surface area contributed by atoms with Crippen molar-refractivity contribution in [1.82, 2.24) is 9.21 Å². The molecule has 222 valence electrons. The molecule has 0 aromatic heterocycles. The molecule has 6 rings (SSSR count). The van der Waals surface area contributed by atoms with E-state index in [0.29, 0.717) is 50.3 Å². The van der Waals surface area contributed by atoms with E-state index >= 15 is 0 Å². The van der Waals surface area contributed by atoms with Gasteiger partial charge in [0.2, 0.25) is 10.0 Å². The summed E-state index contributed by atoms with van der Waals surface area (Å²) in [7, 11) is -3.72. The molecule has 42 heavy (non-hydrogen) atoms. The van der Waals surface area contributed by atoms with Crippen LogP contribution < -0.4 is 4.90 Å². The lowest BCUT2D eigenvalue weighted by Gasteiger charge is -2.35. The Balaban J connectivity index is 1.49. The summed E-state index contributed by atoms with van der Waals surface area (Å²) >= 11 is 0. The smallest absolute Gasteiger partial charge is 0.296 e. The molecular weight excluding hydrogens is 558 g/mol. The number of fused-ring (bicyclic) bond motifs is 2. The van der Waals surface area contributed by atoms with Crippen LogP contribution in [0.25, 0.3) is 5.76 Å². The van der Waals surface area contributed by atoms with Gasteiger partial charge in [-0.05, 0) is 62.4 Å². The Bertz CT molecular complexity index is 1560. The Hall–Kier alpha value is -3.54. The third-order valence-electron chi connectivity index (χ3n) is 8.75. The number of nitrogens with zero attached hydrogens (tertiary/aromatic N) is 3. The molecule has 4 aliphatic heterocycles. The molecule has 0 radical (unpaired) electrons. The highest BCUT2D eigenvalue weighted by molar-refractivity contribution is 7.89. The van der Waals surface area contributed by atoms with E-state index in [1.54, 1.807) is 29.2 Å². The van der Waals surface area contributed by atoms with E-state index in [0.717, 1.165) is 25.7 Å². The van der Waals surface area contributed by atoms with Gasteiger partial charge in [-0.3, -0.25) is 14.4 Å². The van der Waals surface area contributed by atoms with Gasteiger partial charge in [-0.25, -0.2) is 8.42 Å². The zero-order valence-corrected chi connectivity index (χ0v) is 24.4. The fraction of sp³-hybridized carbons (Fsp3) is 0.452. The Morgan fingerprint density at radius 3 is 2.38 bits per heavy atom. The number of aliphatic hydroxyl groups is 1. The van der Waals surface area contributed by atoms with Crippen molar-refractivity contribution in [3.05, 3.63) is 65.2 Å². The van der Waals surface area contributed by atoms with Crippen LogP contribution in [0.3, 0.4) is 0 Å². The molecule has 2 unspecified atom stereocenters. The van der Waals surface area contributed by atoms with Crippen molar-refractivity contribution >= 4 is 39.1 Å². The van der Waals surface area contributed by atoms with E-state index in [1.807, 2.05) is 6.92 Å². The molecule has 1 N–H and O–H groups in total. The normalized spacial score (nSPS) is 26.0. The number of likely N-dealkylation sites (tertiary alicyclic amines) is 1. The van der Waals surface area contributed by atoms with Gasteiger partial charge < -0.3 is 19.6 Å². The summed E-state index contributed by atoms with van der Waals surface area (Å²) in [5.41, 5.74) is -1.01. The monoisotopic (exact) mass is 593 g/mol. The Morgan fingerprint density at radius 2 is 1.71 bits per heavy atom. The largest absolute Gasteiger partial charge is 0.507 e. The molecule has 3 saturated heterocycles. The molecule has 2 amide bonds. The van der Waals surface area contributed by atoms with Crippen LogP contribution in [0.2, 0.25) is 0 Å². The second kappa shape index (κ2) is 10.9. The van der Waals surface area contributed by atoms with Gasteiger partial charge in [-0.2, -0.15) is 4.31 Å². The van der Waals surface area contributed by atoms with E-state index < -0.39 is 38.9 Å². The second-order valence-corrected chi connectivity index (χ2v) is 13.2. The van der Waals surface area contributed by atoms with E-state index in [1.165, 1.54) is 33.5 Å². The summed E-state index contributed by atoms with van der Waals surface area (Å²) in [6.07, 6.45) is 4.37. The molecule has 4 heterocycles. The summed E-state index contributed by atoms with van der Waals surface area (Å²) in [4.78, 5) is 44.9. The highest BCUT2D eigenvalue weighted by Gasteiger charge is 2.67. The first-order valence-corrected chi connectivity index (χ1v) is 16.1. The maximum Gasteiger partial charge on any atom is 0.296 e. The van der Waals surface area contributed by atoms with Crippen molar-refractivity contribution in [1.29, 1.82) is 0 Å². The predicted molar refractivity (Wildman–Crippen MR) is 155 cm³/mol. The number of aliphatic hydroxyl groups excluding tert-OH is 1. The van der Waals surface area contributed by atoms with Gasteiger partial charge in [0.25, 0.3) is 17.6 Å². The number of ether oxygens (including phenoxy) is 1. The number of Topliss-reactive ketones (excluding diaryl/α,β-unsaturated/α-hetero) is 1. The highest BCUT2D eigenvalue weighted by atomic mass is 32.2. The summed E-state index contributed by atoms with van der Waals surface area (Å²) in [5, 5.41) is 11.7. The van der Waals surface area contributed by atoms with Gasteiger partial charge in [-0.1, -0.05) is 31.5 Å². The minimum absolute atomic E-state index is 0.0222. The average molecular weight is 594 g/mol. The number of sulfonamides is 1. The average Bonchev–Trinajstić information content (AvgIpc) is 3.67. The van der Waals surface area contributed by atoms with Crippen molar-refractivity contribution < 1.29 is 32.6 Å². The van der Waals surface area contributed by atoms with Gasteiger partial charge in [0, 0.05) is 43.9 Å². The van der Waals surface area contributed by atoms with Crippen LogP contribution >= 0.6 is 0 Å². The Labute approximate surface area is 245 Å². The number of hydrogen-bond acceptors (Lipinski definition) is 7. The topological polar surface area (TPSA) is 125 Å². The zero-order valence-electron chi connectivity index (χ0n) is 23.6. The fourth-order valence-corrected chi connectivity index (χ4v) is 8.26. The minimum atomic E-state index is -3.72. The van der Waals surface area contributed by atoms with Crippen LogP contribution in [0.15, 0.2) is 59.0 Å². The molecule has 4 aliphatic rings. The second-order valence-electron chi connectivity index (χ2n) is 11.3. The lowest BCUT2D eigenvalue weighted by atomic mass is 9.81. The molecule has 2 aromatic rings. The maximum atomic E-state index is 14.5. The molecule has 2 atom stereocenters. The first-order valence-electron chi connectivity index (χ1n) is 14.7. The van der Waals surface area contributed by atoms with E-state index in [2.05, 4.69) is 0 Å². The third-order valence-corrected chi connectivity index (χ3v) is 10.7. The molecule has 0 aliphatic carbocycles. The number of rotatable bonds is 7. The summed E-state index contributed by atoms with van der Waals surface area (Å²) in [6, 6.07) is 12.7. The summed E-state index contributed by atoms with van der Waals surface area (Å²) in [5.74, 6) is -2.84. The third kappa shape index (κ3) is 4.28. The first-order chi connectivity index (χ1) is 20.2. The standard InChI is InChI=1S/C31H35N3O7S/c1-2-16-33-25-11-5-4-10-24(25)31(30(33)38)26(28(36)29(37)34(31)20-22-9-8-19-41-22)27(35)21-12-14-23(15-13-21)42(39,40)32-17-6-3-7-18-32/h4-5,10-15,22,35H,2-3,6-9,16-20H2,1H3/b27-26+. The van der Waals surface area contributed by atoms with Crippen LogP contribution in [-0.4, -0.2) is 79.2 Å². The molecule has 2 aromatic carbocycles. The quantitative estimate of drug-likeness (QED) is 0.297. The van der Waals surface area contributed by atoms with Crippen LogP contribution in [0, 0.1) is 0 Å². The number of anilines is 1. The van der Waals surface area contributed by atoms with Crippen molar-refractivity contribution in [2.75, 3.05) is 37.7 Å². The molecule has 1 spiro atoms. The first kappa shape index (κ1) is 28.6. The number of para-hydroxylation sites is 1. The van der Waals surface area contributed by atoms with E-state index in [-0.39, 0.29) is 28.7 Å². The predicted octanol–water partition coefficient (Wildman–Crippen LogP) is 3.37. The molecular formula is C31H35N3O7S. The number of carbonyl (C=O) groups excluding carboxylic acids is 3. The number of amides is 2. The number of piperidine rings is 1. The van der Waals surface area contributed by atoms with Crippen LogP contribution in [0.4, 0.5) is 5.69 Å². The number of benzene rings is 2. The maximum absolute atomic E-state index is 14.5. The fourth-order valence-electron chi connectivity index (χ4n) is 6.74. The van der Waals surface area contributed by atoms with Gasteiger partial charge in [0.05, 0.1) is 22.3 Å². The highest BCUT2D eigenvalue weighted by Crippen LogP contribution is 2.54. The van der Waals surface area contributed by atoms with E-state index in [4.69, 9.17) is 4.74 Å².